The first-order valence-corrected chi connectivity index (χ1v) is 5.73. The van der Waals surface area contributed by atoms with Gasteiger partial charge in [0.25, 0.3) is 5.91 Å². The summed E-state index contributed by atoms with van der Waals surface area (Å²) in [5, 5.41) is 7.01. The Hall–Kier alpha value is -1.62. The molecule has 0 spiro atoms. The first kappa shape index (κ1) is 10.9. The molecule has 84 valence electrons. The summed E-state index contributed by atoms with van der Waals surface area (Å²) >= 11 is 1.47. The highest BCUT2D eigenvalue weighted by atomic mass is 32.1. The Morgan fingerprint density at radius 3 is 2.75 bits per heavy atom. The third-order valence-electron chi connectivity index (χ3n) is 2.19. The summed E-state index contributed by atoms with van der Waals surface area (Å²) in [4.78, 5) is 15.1. The number of carbonyl (C=O) groups is 1. The van der Waals surface area contributed by atoms with Crippen molar-refractivity contribution in [1.82, 2.24) is 15.1 Å². The minimum Gasteiger partial charge on any atom is -0.344 e. The molecule has 0 radical (unpaired) electrons. The molecule has 0 atom stereocenters. The van der Waals surface area contributed by atoms with Gasteiger partial charge in [0.05, 0.1) is 21.1 Å². The van der Waals surface area contributed by atoms with Crippen LogP contribution in [0.3, 0.4) is 0 Å². The number of hydrogen-bond acceptors (Lipinski definition) is 3. The average molecular weight is 235 g/mol. The number of aromatic amines is 1. The highest BCUT2D eigenvalue weighted by Gasteiger charge is 2.12. The van der Waals surface area contributed by atoms with Gasteiger partial charge in [-0.1, -0.05) is 0 Å². The Labute approximate surface area is 97.9 Å². The van der Waals surface area contributed by atoms with Gasteiger partial charge in [-0.15, -0.1) is 11.3 Å². The Balaban J connectivity index is 2.29. The second-order valence-corrected chi connectivity index (χ2v) is 4.87. The van der Waals surface area contributed by atoms with E-state index in [4.69, 9.17) is 0 Å². The zero-order valence-corrected chi connectivity index (χ0v) is 10.3. The average Bonchev–Trinajstić information content (AvgIpc) is 2.84. The van der Waals surface area contributed by atoms with E-state index in [1.54, 1.807) is 19.0 Å². The van der Waals surface area contributed by atoms with E-state index in [-0.39, 0.29) is 5.91 Å². The predicted octanol–water partition coefficient (Wildman–Crippen LogP) is 2.15. The fourth-order valence-corrected chi connectivity index (χ4v) is 2.36. The molecule has 2 aromatic rings. The fourth-order valence-electron chi connectivity index (χ4n) is 1.37. The lowest BCUT2D eigenvalue weighted by Gasteiger charge is -2.06. The number of carbonyl (C=O) groups excluding carboxylic acids is 1. The minimum absolute atomic E-state index is 0.0347. The van der Waals surface area contributed by atoms with Gasteiger partial charge >= 0.3 is 0 Å². The van der Waals surface area contributed by atoms with Crippen LogP contribution < -0.4 is 0 Å². The zero-order chi connectivity index (χ0) is 11.7. The standard InChI is InChI=1S/C11H13N3OS/c1-7-6-8(13-12-7)9-4-5-10(16-9)11(15)14(2)3/h4-6H,1-3H3,(H,12,13). The summed E-state index contributed by atoms with van der Waals surface area (Å²) in [6.45, 7) is 1.93. The predicted molar refractivity (Wildman–Crippen MR) is 64.7 cm³/mol. The minimum atomic E-state index is 0.0347. The van der Waals surface area contributed by atoms with Crippen LogP contribution in [-0.2, 0) is 0 Å². The monoisotopic (exact) mass is 235 g/mol. The van der Waals surface area contributed by atoms with Crippen molar-refractivity contribution in [3.63, 3.8) is 0 Å². The molecule has 0 bridgehead atoms. The highest BCUT2D eigenvalue weighted by Crippen LogP contribution is 2.27. The zero-order valence-electron chi connectivity index (χ0n) is 9.44. The van der Waals surface area contributed by atoms with E-state index >= 15 is 0 Å². The van der Waals surface area contributed by atoms with E-state index in [1.165, 1.54) is 11.3 Å². The SMILES string of the molecule is Cc1cc(-c2ccc(C(=O)N(C)C)s2)[nH]n1. The molecule has 0 aromatic carbocycles. The van der Waals surface area contributed by atoms with Crippen LogP contribution >= 0.6 is 11.3 Å². The summed E-state index contributed by atoms with van der Waals surface area (Å²) in [7, 11) is 3.50. The molecule has 2 aromatic heterocycles. The lowest BCUT2D eigenvalue weighted by Crippen LogP contribution is -2.20. The lowest BCUT2D eigenvalue weighted by atomic mass is 10.3. The van der Waals surface area contributed by atoms with Crippen molar-refractivity contribution in [3.05, 3.63) is 28.8 Å². The molecule has 0 aliphatic carbocycles. The van der Waals surface area contributed by atoms with Gasteiger partial charge in [-0.05, 0) is 25.1 Å². The lowest BCUT2D eigenvalue weighted by molar-refractivity contribution is 0.0832. The molecule has 0 aliphatic heterocycles. The van der Waals surface area contributed by atoms with Crippen molar-refractivity contribution in [2.45, 2.75) is 6.92 Å². The maximum absolute atomic E-state index is 11.7. The molecule has 5 heteroatoms. The van der Waals surface area contributed by atoms with Crippen LogP contribution in [-0.4, -0.2) is 35.1 Å². The number of thiophene rings is 1. The van der Waals surface area contributed by atoms with Crippen LogP contribution in [0, 0.1) is 6.92 Å². The van der Waals surface area contributed by atoms with Gasteiger partial charge in [0.1, 0.15) is 0 Å². The Kier molecular flexibility index (Phi) is 2.78. The first-order valence-electron chi connectivity index (χ1n) is 4.92. The van der Waals surface area contributed by atoms with E-state index in [0.29, 0.717) is 0 Å². The Morgan fingerprint density at radius 1 is 1.44 bits per heavy atom. The molecule has 0 fully saturated rings. The number of rotatable bonds is 2. The second kappa shape index (κ2) is 4.09. The summed E-state index contributed by atoms with van der Waals surface area (Å²) in [6, 6.07) is 5.75. The van der Waals surface area contributed by atoms with Crippen LogP contribution in [0.1, 0.15) is 15.4 Å². The van der Waals surface area contributed by atoms with Gasteiger partial charge in [0.15, 0.2) is 0 Å². The summed E-state index contributed by atoms with van der Waals surface area (Å²) < 4.78 is 0. The number of nitrogens with one attached hydrogen (secondary N) is 1. The maximum Gasteiger partial charge on any atom is 0.263 e. The molecule has 0 saturated heterocycles. The molecular formula is C11H13N3OS. The molecule has 4 nitrogen and oxygen atoms in total. The topological polar surface area (TPSA) is 49.0 Å². The molecule has 1 N–H and O–H groups in total. The molecule has 0 saturated carbocycles. The molecular weight excluding hydrogens is 222 g/mol. The number of nitrogens with zero attached hydrogens (tertiary/aromatic N) is 2. The van der Waals surface area contributed by atoms with Gasteiger partial charge in [-0.3, -0.25) is 9.89 Å². The van der Waals surface area contributed by atoms with Crippen molar-refractivity contribution in [2.24, 2.45) is 0 Å². The van der Waals surface area contributed by atoms with Gasteiger partial charge < -0.3 is 4.90 Å². The van der Waals surface area contributed by atoms with Crippen LogP contribution in [0.15, 0.2) is 18.2 Å². The Morgan fingerprint density at radius 2 is 2.19 bits per heavy atom. The quantitative estimate of drug-likeness (QED) is 0.867. The number of hydrogen-bond donors (Lipinski definition) is 1. The molecule has 1 amide bonds. The van der Waals surface area contributed by atoms with Gasteiger partial charge in [0.2, 0.25) is 0 Å². The van der Waals surface area contributed by atoms with Crippen molar-refractivity contribution in [2.75, 3.05) is 14.1 Å². The van der Waals surface area contributed by atoms with E-state index in [1.807, 2.05) is 25.1 Å². The highest BCUT2D eigenvalue weighted by molar-refractivity contribution is 7.17. The van der Waals surface area contributed by atoms with E-state index in [2.05, 4.69) is 10.2 Å². The largest absolute Gasteiger partial charge is 0.344 e. The smallest absolute Gasteiger partial charge is 0.263 e. The summed E-state index contributed by atoms with van der Waals surface area (Å²) in [6.07, 6.45) is 0. The van der Waals surface area contributed by atoms with Crippen molar-refractivity contribution >= 4 is 17.2 Å². The molecule has 2 rings (SSSR count). The van der Waals surface area contributed by atoms with Crippen molar-refractivity contribution in [1.29, 1.82) is 0 Å². The maximum atomic E-state index is 11.7. The van der Waals surface area contributed by atoms with Crippen LogP contribution in [0.25, 0.3) is 10.6 Å². The Bertz CT molecular complexity index is 513. The molecule has 0 aliphatic rings. The third kappa shape index (κ3) is 1.99. The van der Waals surface area contributed by atoms with E-state index in [9.17, 15) is 4.79 Å². The van der Waals surface area contributed by atoms with Crippen LogP contribution in [0.2, 0.25) is 0 Å². The molecule has 16 heavy (non-hydrogen) atoms. The first-order chi connectivity index (χ1) is 7.58. The van der Waals surface area contributed by atoms with Crippen molar-refractivity contribution in [3.8, 4) is 10.6 Å². The van der Waals surface area contributed by atoms with Gasteiger partial charge in [0, 0.05) is 14.1 Å². The molecule has 2 heterocycles. The van der Waals surface area contributed by atoms with E-state index in [0.717, 1.165) is 21.1 Å². The van der Waals surface area contributed by atoms with Gasteiger partial charge in [-0.2, -0.15) is 5.10 Å². The number of aromatic nitrogens is 2. The van der Waals surface area contributed by atoms with Crippen LogP contribution in [0.5, 0.6) is 0 Å². The molecule has 0 unspecified atom stereocenters. The van der Waals surface area contributed by atoms with Crippen LogP contribution in [0.4, 0.5) is 0 Å². The number of amides is 1. The third-order valence-corrected chi connectivity index (χ3v) is 3.30. The number of H-pyrrole nitrogens is 1. The fraction of sp³-hybridized carbons (Fsp3) is 0.273. The van der Waals surface area contributed by atoms with Crippen molar-refractivity contribution < 1.29 is 4.79 Å². The normalized spacial score (nSPS) is 10.4. The second-order valence-electron chi connectivity index (χ2n) is 3.79. The summed E-state index contributed by atoms with van der Waals surface area (Å²) in [5.74, 6) is 0.0347. The summed E-state index contributed by atoms with van der Waals surface area (Å²) in [5.41, 5.74) is 1.91. The number of aryl methyl sites for hydroxylation is 1. The van der Waals surface area contributed by atoms with Gasteiger partial charge in [-0.25, -0.2) is 0 Å². The van der Waals surface area contributed by atoms with E-state index < -0.39 is 0 Å².